The molecule has 0 atom stereocenters. The van der Waals surface area contributed by atoms with Crippen molar-refractivity contribution in [2.24, 2.45) is 0 Å². The summed E-state index contributed by atoms with van der Waals surface area (Å²) in [5.74, 6) is 0. The molecule has 6 heteroatoms. The summed E-state index contributed by atoms with van der Waals surface area (Å²) in [5.41, 5.74) is -0.468. The average Bonchev–Trinajstić information content (AvgIpc) is 2.64. The van der Waals surface area contributed by atoms with Crippen molar-refractivity contribution in [2.75, 3.05) is 0 Å². The van der Waals surface area contributed by atoms with Gasteiger partial charge in [-0.3, -0.25) is 0 Å². The largest absolute Gasteiger partial charge is 0.250 e. The van der Waals surface area contributed by atoms with Crippen molar-refractivity contribution in [2.45, 2.75) is 43.4 Å². The summed E-state index contributed by atoms with van der Waals surface area (Å²) in [5, 5.41) is 8.68. The molecule has 0 radical (unpaired) electrons. The summed E-state index contributed by atoms with van der Waals surface area (Å²) in [6.07, 6.45) is 1.67. The first-order valence-corrected chi connectivity index (χ1v) is 7.64. The maximum atomic E-state index is 12.0. The van der Waals surface area contributed by atoms with Crippen LogP contribution in [-0.4, -0.2) is 14.0 Å². The Morgan fingerprint density at radius 3 is 2.59 bits per heavy atom. The van der Waals surface area contributed by atoms with Gasteiger partial charge in [0.25, 0.3) is 10.0 Å². The highest BCUT2D eigenvalue weighted by molar-refractivity contribution is 7.91. The van der Waals surface area contributed by atoms with E-state index in [1.165, 1.54) is 12.1 Å². The van der Waals surface area contributed by atoms with Gasteiger partial charge in [0.1, 0.15) is 15.2 Å². The Labute approximate surface area is 106 Å². The summed E-state index contributed by atoms with van der Waals surface area (Å²) in [6, 6.07) is 4.92. The highest BCUT2D eigenvalue weighted by Crippen LogP contribution is 2.23. The van der Waals surface area contributed by atoms with Gasteiger partial charge < -0.3 is 0 Å². The summed E-state index contributed by atoms with van der Waals surface area (Å²) in [7, 11) is -3.51. The van der Waals surface area contributed by atoms with Crippen LogP contribution >= 0.6 is 11.3 Å². The molecule has 0 aliphatic rings. The molecule has 1 aromatic heterocycles. The molecule has 17 heavy (non-hydrogen) atoms. The summed E-state index contributed by atoms with van der Waals surface area (Å²) >= 11 is 0.987. The lowest BCUT2D eigenvalue weighted by Crippen LogP contribution is -2.42. The standard InChI is InChI=1S/C11H16N2O2S2/c1-4-7-11(2,3)13-17(14,15)10-6-5-9(8-12)16-10/h5-6,13H,4,7H2,1-3H3. The fourth-order valence-electron chi connectivity index (χ4n) is 1.61. The van der Waals surface area contributed by atoms with E-state index >= 15 is 0 Å². The molecule has 0 saturated carbocycles. The Morgan fingerprint density at radius 2 is 2.12 bits per heavy atom. The van der Waals surface area contributed by atoms with Crippen molar-refractivity contribution in [1.82, 2.24) is 4.72 Å². The zero-order chi connectivity index (χ0) is 13.1. The van der Waals surface area contributed by atoms with Gasteiger partial charge in [-0.15, -0.1) is 11.3 Å². The predicted molar refractivity (Wildman–Crippen MR) is 68.3 cm³/mol. The fourth-order valence-corrected chi connectivity index (χ4v) is 4.16. The normalized spacial score (nSPS) is 12.4. The van der Waals surface area contributed by atoms with Crippen LogP contribution < -0.4 is 4.72 Å². The molecule has 4 nitrogen and oxygen atoms in total. The van der Waals surface area contributed by atoms with Gasteiger partial charge in [0, 0.05) is 5.54 Å². The molecule has 0 amide bonds. The highest BCUT2D eigenvalue weighted by atomic mass is 32.2. The van der Waals surface area contributed by atoms with Gasteiger partial charge in [0.15, 0.2) is 0 Å². The van der Waals surface area contributed by atoms with Crippen LogP contribution in [-0.2, 0) is 10.0 Å². The van der Waals surface area contributed by atoms with E-state index in [-0.39, 0.29) is 4.21 Å². The molecular formula is C11H16N2O2S2. The molecule has 1 rings (SSSR count). The van der Waals surface area contributed by atoms with Crippen LogP contribution in [0.2, 0.25) is 0 Å². The molecule has 1 aromatic rings. The van der Waals surface area contributed by atoms with Crippen LogP contribution in [0.3, 0.4) is 0 Å². The van der Waals surface area contributed by atoms with Crippen molar-refractivity contribution in [3.63, 3.8) is 0 Å². The van der Waals surface area contributed by atoms with Crippen LogP contribution in [0.5, 0.6) is 0 Å². The molecule has 0 unspecified atom stereocenters. The number of hydrogen-bond acceptors (Lipinski definition) is 4. The molecule has 1 N–H and O–H groups in total. The number of nitrogens with zero attached hydrogens (tertiary/aromatic N) is 1. The number of rotatable bonds is 5. The quantitative estimate of drug-likeness (QED) is 0.895. The van der Waals surface area contributed by atoms with Crippen LogP contribution in [0.15, 0.2) is 16.3 Å². The second kappa shape index (κ2) is 5.17. The van der Waals surface area contributed by atoms with Gasteiger partial charge in [-0.1, -0.05) is 13.3 Å². The van der Waals surface area contributed by atoms with Crippen molar-refractivity contribution >= 4 is 21.4 Å². The maximum Gasteiger partial charge on any atom is 0.250 e. The van der Waals surface area contributed by atoms with E-state index in [0.29, 0.717) is 4.88 Å². The van der Waals surface area contributed by atoms with E-state index in [1.54, 1.807) is 0 Å². The summed E-state index contributed by atoms with van der Waals surface area (Å²) in [4.78, 5) is 0.402. The van der Waals surface area contributed by atoms with E-state index in [9.17, 15) is 8.42 Å². The van der Waals surface area contributed by atoms with Crippen LogP contribution in [0.25, 0.3) is 0 Å². The van der Waals surface area contributed by atoms with E-state index in [2.05, 4.69) is 4.72 Å². The SMILES string of the molecule is CCCC(C)(C)NS(=O)(=O)c1ccc(C#N)s1. The van der Waals surface area contributed by atoms with Gasteiger partial charge >= 0.3 is 0 Å². The first-order valence-electron chi connectivity index (χ1n) is 5.34. The lowest BCUT2D eigenvalue weighted by molar-refractivity contribution is 0.418. The number of hydrogen-bond donors (Lipinski definition) is 1. The first kappa shape index (κ1) is 14.2. The van der Waals surface area contributed by atoms with Gasteiger partial charge in [-0.2, -0.15) is 5.26 Å². The minimum atomic E-state index is -3.51. The van der Waals surface area contributed by atoms with Crippen molar-refractivity contribution in [3.8, 4) is 6.07 Å². The van der Waals surface area contributed by atoms with E-state index in [4.69, 9.17) is 5.26 Å². The highest BCUT2D eigenvalue weighted by Gasteiger charge is 2.26. The predicted octanol–water partition coefficient (Wildman–Crippen LogP) is 2.48. The van der Waals surface area contributed by atoms with Crippen molar-refractivity contribution < 1.29 is 8.42 Å². The Bertz CT molecular complexity index is 524. The number of nitrogens with one attached hydrogen (secondary N) is 1. The molecule has 0 fully saturated rings. The number of nitriles is 1. The van der Waals surface area contributed by atoms with Crippen LogP contribution in [0, 0.1) is 11.3 Å². The molecular weight excluding hydrogens is 256 g/mol. The van der Waals surface area contributed by atoms with Gasteiger partial charge in [-0.05, 0) is 32.4 Å². The molecule has 0 spiro atoms. The first-order chi connectivity index (χ1) is 7.80. The second-order valence-electron chi connectivity index (χ2n) is 4.47. The molecule has 1 heterocycles. The number of thiophene rings is 1. The third-order valence-corrected chi connectivity index (χ3v) is 5.42. The Morgan fingerprint density at radius 1 is 1.47 bits per heavy atom. The lowest BCUT2D eigenvalue weighted by Gasteiger charge is -2.24. The summed E-state index contributed by atoms with van der Waals surface area (Å²) < 4.78 is 26.9. The third-order valence-electron chi connectivity index (χ3n) is 2.24. The van der Waals surface area contributed by atoms with Gasteiger partial charge in [0.05, 0.1) is 0 Å². The van der Waals surface area contributed by atoms with Crippen molar-refractivity contribution in [1.29, 1.82) is 5.26 Å². The molecule has 0 bridgehead atoms. The van der Waals surface area contributed by atoms with Gasteiger partial charge in [0.2, 0.25) is 0 Å². The molecule has 0 aliphatic carbocycles. The monoisotopic (exact) mass is 272 g/mol. The topological polar surface area (TPSA) is 70.0 Å². The van der Waals surface area contributed by atoms with E-state index in [0.717, 1.165) is 24.2 Å². The maximum absolute atomic E-state index is 12.0. The van der Waals surface area contributed by atoms with E-state index < -0.39 is 15.6 Å². The molecule has 0 aliphatic heterocycles. The average molecular weight is 272 g/mol. The molecule has 0 saturated heterocycles. The lowest BCUT2D eigenvalue weighted by atomic mass is 10.0. The Kier molecular flexibility index (Phi) is 4.31. The van der Waals surface area contributed by atoms with E-state index in [1.807, 2.05) is 26.8 Å². The smallest absolute Gasteiger partial charge is 0.206 e. The minimum absolute atomic E-state index is 0.193. The summed E-state index contributed by atoms with van der Waals surface area (Å²) in [6.45, 7) is 5.72. The van der Waals surface area contributed by atoms with Gasteiger partial charge in [-0.25, -0.2) is 13.1 Å². The molecule has 94 valence electrons. The van der Waals surface area contributed by atoms with Crippen molar-refractivity contribution in [3.05, 3.63) is 17.0 Å². The fraction of sp³-hybridized carbons (Fsp3) is 0.545. The second-order valence-corrected chi connectivity index (χ2v) is 7.46. The minimum Gasteiger partial charge on any atom is -0.206 e. The van der Waals surface area contributed by atoms with Crippen LogP contribution in [0.4, 0.5) is 0 Å². The zero-order valence-electron chi connectivity index (χ0n) is 10.1. The van der Waals surface area contributed by atoms with Crippen LogP contribution in [0.1, 0.15) is 38.5 Å². The third kappa shape index (κ3) is 3.80. The zero-order valence-corrected chi connectivity index (χ0v) is 11.8. The number of sulfonamides is 1. The Balaban J connectivity index is 2.93. The molecule has 0 aromatic carbocycles. The Hall–Kier alpha value is -0.900.